The molecule has 7 nitrogen and oxygen atoms in total. The molecule has 1 fully saturated rings. The largest absolute Gasteiger partial charge is 0.349 e. The van der Waals surface area contributed by atoms with Crippen LogP contribution < -0.4 is 5.32 Å². The van der Waals surface area contributed by atoms with Gasteiger partial charge in [-0.25, -0.2) is 9.97 Å². The molecule has 32 heavy (non-hydrogen) atoms. The molecule has 2 N–H and O–H groups in total. The van der Waals surface area contributed by atoms with Crippen LogP contribution in [0.15, 0.2) is 37.2 Å². The fourth-order valence-corrected chi connectivity index (χ4v) is 4.31. The predicted octanol–water partition coefficient (Wildman–Crippen LogP) is 4.64. The molecular formula is C24H29N5O2S. The quantitative estimate of drug-likeness (QED) is 0.404. The summed E-state index contributed by atoms with van der Waals surface area (Å²) in [5.41, 5.74) is 2.14. The van der Waals surface area contributed by atoms with Crippen molar-refractivity contribution in [2.24, 2.45) is 5.41 Å². The average molecular weight is 452 g/mol. The summed E-state index contributed by atoms with van der Waals surface area (Å²) in [5.74, 6) is -0.124. The zero-order chi connectivity index (χ0) is 23.0. The third-order valence-corrected chi connectivity index (χ3v) is 7.12. The molecule has 2 amide bonds. The van der Waals surface area contributed by atoms with Crippen LogP contribution in [0.5, 0.6) is 0 Å². The molecule has 0 aliphatic carbocycles. The first kappa shape index (κ1) is 22.2. The molecule has 1 aliphatic rings. The van der Waals surface area contributed by atoms with E-state index in [-0.39, 0.29) is 23.3 Å². The normalized spacial score (nSPS) is 16.8. The molecule has 2 unspecified atom stereocenters. The van der Waals surface area contributed by atoms with Gasteiger partial charge in [-0.2, -0.15) is 0 Å². The van der Waals surface area contributed by atoms with Crippen molar-refractivity contribution < 1.29 is 9.59 Å². The smallest absolute Gasteiger partial charge is 0.264 e. The number of nitrogens with one attached hydrogen (secondary N) is 2. The van der Waals surface area contributed by atoms with E-state index in [9.17, 15) is 9.59 Å². The molecule has 3 aromatic rings. The number of thiophene rings is 1. The third kappa shape index (κ3) is 4.46. The molecule has 2 atom stereocenters. The van der Waals surface area contributed by atoms with E-state index in [4.69, 9.17) is 4.98 Å². The second-order valence-electron chi connectivity index (χ2n) is 9.36. The Kier molecular flexibility index (Phi) is 5.90. The van der Waals surface area contributed by atoms with Gasteiger partial charge >= 0.3 is 0 Å². The minimum absolute atomic E-state index is 0.00492. The van der Waals surface area contributed by atoms with E-state index in [1.807, 2.05) is 30.0 Å². The summed E-state index contributed by atoms with van der Waals surface area (Å²) < 4.78 is 0. The number of H-pyrrole nitrogens is 1. The number of allylic oxidation sites excluding steroid dienone is 1. The zero-order valence-electron chi connectivity index (χ0n) is 18.9. The molecule has 4 rings (SSSR count). The lowest BCUT2D eigenvalue weighted by Crippen LogP contribution is -2.41. The summed E-state index contributed by atoms with van der Waals surface area (Å²) in [4.78, 5) is 41.2. The van der Waals surface area contributed by atoms with E-state index >= 15 is 0 Å². The second kappa shape index (κ2) is 8.50. The minimum atomic E-state index is -0.181. The SMILES string of the molecule is C=CCCC1CN1C(=O)c1ccc(-c2cnc3[nH]cc(C(=O)NC(C)C(C)(C)C)c3n2)s1. The van der Waals surface area contributed by atoms with Crippen molar-refractivity contribution in [2.75, 3.05) is 6.54 Å². The van der Waals surface area contributed by atoms with Gasteiger partial charge in [-0.05, 0) is 37.3 Å². The molecule has 4 heterocycles. The Morgan fingerprint density at radius 2 is 2.19 bits per heavy atom. The van der Waals surface area contributed by atoms with Crippen molar-refractivity contribution in [3.05, 3.63) is 47.6 Å². The number of aromatic amines is 1. The maximum Gasteiger partial charge on any atom is 0.264 e. The standard InChI is InChI=1S/C24H29N5O2S/c1-6-7-8-15-13-29(15)23(31)19-10-9-18(32-19)17-12-26-21-20(28-17)16(11-25-21)22(30)27-14(2)24(3,4)5/h6,9-12,14-15H,1,7-8,13H2,2-5H3,(H,25,26)(H,27,30). The van der Waals surface area contributed by atoms with Crippen LogP contribution in [0.3, 0.4) is 0 Å². The summed E-state index contributed by atoms with van der Waals surface area (Å²) in [6.07, 6.45) is 7.08. The molecule has 0 radical (unpaired) electrons. The van der Waals surface area contributed by atoms with Gasteiger partial charge in [0.15, 0.2) is 5.65 Å². The van der Waals surface area contributed by atoms with Crippen molar-refractivity contribution in [3.8, 4) is 10.6 Å². The summed E-state index contributed by atoms with van der Waals surface area (Å²) >= 11 is 1.40. The van der Waals surface area contributed by atoms with Crippen LogP contribution in [0.2, 0.25) is 0 Å². The van der Waals surface area contributed by atoms with Crippen LogP contribution in [0.25, 0.3) is 21.7 Å². The molecule has 1 saturated heterocycles. The van der Waals surface area contributed by atoms with Gasteiger partial charge in [0.2, 0.25) is 0 Å². The summed E-state index contributed by atoms with van der Waals surface area (Å²) in [5, 5.41) is 3.05. The first-order valence-electron chi connectivity index (χ1n) is 10.9. The molecule has 1 aliphatic heterocycles. The molecule has 3 aromatic heterocycles. The number of carbonyl (C=O) groups excluding carboxylic acids is 2. The van der Waals surface area contributed by atoms with Gasteiger partial charge in [0.25, 0.3) is 11.8 Å². The van der Waals surface area contributed by atoms with Crippen LogP contribution in [-0.2, 0) is 0 Å². The number of nitrogens with zero attached hydrogens (tertiary/aromatic N) is 3. The number of rotatable bonds is 7. The number of carbonyl (C=O) groups is 2. The molecule has 0 spiro atoms. The molecule has 0 bridgehead atoms. The van der Waals surface area contributed by atoms with Crippen molar-refractivity contribution in [2.45, 2.75) is 52.6 Å². The predicted molar refractivity (Wildman–Crippen MR) is 128 cm³/mol. The lowest BCUT2D eigenvalue weighted by Gasteiger charge is -2.27. The lowest BCUT2D eigenvalue weighted by molar-refractivity contribution is 0.0876. The maximum absolute atomic E-state index is 12.9. The van der Waals surface area contributed by atoms with E-state index in [2.05, 4.69) is 42.6 Å². The Morgan fingerprint density at radius 1 is 1.41 bits per heavy atom. The molecule has 0 aromatic carbocycles. The van der Waals surface area contributed by atoms with Gasteiger partial charge in [0.1, 0.15) is 5.52 Å². The van der Waals surface area contributed by atoms with E-state index in [0.29, 0.717) is 33.3 Å². The minimum Gasteiger partial charge on any atom is -0.349 e. The Morgan fingerprint density at radius 3 is 2.91 bits per heavy atom. The Bertz CT molecular complexity index is 1170. The van der Waals surface area contributed by atoms with Gasteiger partial charge in [-0.15, -0.1) is 17.9 Å². The Labute approximate surface area is 192 Å². The maximum atomic E-state index is 12.9. The van der Waals surface area contributed by atoms with Crippen molar-refractivity contribution in [1.29, 1.82) is 0 Å². The average Bonchev–Trinajstić information content (AvgIpc) is 3.15. The topological polar surface area (TPSA) is 90.8 Å². The van der Waals surface area contributed by atoms with Gasteiger partial charge < -0.3 is 15.2 Å². The van der Waals surface area contributed by atoms with E-state index in [1.165, 1.54) is 11.3 Å². The number of hydrogen-bond donors (Lipinski definition) is 2. The van der Waals surface area contributed by atoms with Crippen LogP contribution >= 0.6 is 11.3 Å². The van der Waals surface area contributed by atoms with E-state index in [1.54, 1.807) is 12.4 Å². The molecule has 168 valence electrons. The van der Waals surface area contributed by atoms with Gasteiger partial charge in [0, 0.05) is 18.8 Å². The lowest BCUT2D eigenvalue weighted by atomic mass is 9.88. The summed E-state index contributed by atoms with van der Waals surface area (Å²) in [6.45, 7) is 12.8. The highest BCUT2D eigenvalue weighted by Crippen LogP contribution is 2.32. The highest BCUT2D eigenvalue weighted by Gasteiger charge is 2.38. The highest BCUT2D eigenvalue weighted by atomic mass is 32.1. The fourth-order valence-electron chi connectivity index (χ4n) is 3.39. The molecule has 8 heteroatoms. The van der Waals surface area contributed by atoms with Crippen LogP contribution in [0.1, 0.15) is 60.6 Å². The number of hydrogen-bond acceptors (Lipinski definition) is 5. The second-order valence-corrected chi connectivity index (χ2v) is 10.4. The van der Waals surface area contributed by atoms with Crippen LogP contribution in [0.4, 0.5) is 0 Å². The number of amides is 2. The van der Waals surface area contributed by atoms with E-state index < -0.39 is 0 Å². The molecule has 0 saturated carbocycles. The van der Waals surface area contributed by atoms with Crippen molar-refractivity contribution >= 4 is 34.3 Å². The third-order valence-electron chi connectivity index (χ3n) is 6.02. The van der Waals surface area contributed by atoms with Gasteiger partial charge in [-0.3, -0.25) is 9.59 Å². The number of fused-ring (bicyclic) bond motifs is 1. The van der Waals surface area contributed by atoms with E-state index in [0.717, 1.165) is 24.3 Å². The summed E-state index contributed by atoms with van der Waals surface area (Å²) in [7, 11) is 0. The fraction of sp³-hybridized carbons (Fsp3) is 0.417. The van der Waals surface area contributed by atoms with Gasteiger partial charge in [-0.1, -0.05) is 26.8 Å². The summed E-state index contributed by atoms with van der Waals surface area (Å²) in [6, 6.07) is 4.05. The highest BCUT2D eigenvalue weighted by molar-refractivity contribution is 7.17. The monoisotopic (exact) mass is 451 g/mol. The zero-order valence-corrected chi connectivity index (χ0v) is 19.8. The first-order valence-corrected chi connectivity index (χ1v) is 11.7. The Hall–Kier alpha value is -3.00. The van der Waals surface area contributed by atoms with Crippen molar-refractivity contribution in [1.82, 2.24) is 25.2 Å². The first-order chi connectivity index (χ1) is 15.2. The van der Waals surface area contributed by atoms with Gasteiger partial charge in [0.05, 0.1) is 33.3 Å². The Balaban J connectivity index is 1.54. The molecular weight excluding hydrogens is 422 g/mol. The number of aromatic nitrogens is 3. The van der Waals surface area contributed by atoms with Crippen LogP contribution in [0, 0.1) is 5.41 Å². The van der Waals surface area contributed by atoms with Crippen LogP contribution in [-0.4, -0.2) is 50.3 Å². The van der Waals surface area contributed by atoms with Crippen molar-refractivity contribution in [3.63, 3.8) is 0 Å².